The van der Waals surface area contributed by atoms with Crippen molar-refractivity contribution < 1.29 is 19.5 Å². The largest absolute Gasteiger partial charge is 0.478 e. The fourth-order valence-corrected chi connectivity index (χ4v) is 4.30. The van der Waals surface area contributed by atoms with Crippen molar-refractivity contribution in [2.75, 3.05) is 10.6 Å². The molecule has 2 heterocycles. The monoisotopic (exact) mass is 420 g/mol. The Hall–Kier alpha value is -2.68. The Morgan fingerprint density at radius 3 is 2.48 bits per heavy atom. The van der Waals surface area contributed by atoms with Gasteiger partial charge in [0.2, 0.25) is 0 Å². The van der Waals surface area contributed by atoms with Gasteiger partial charge in [-0.15, -0.1) is 22.7 Å². The Balaban J connectivity index is 1.91. The van der Waals surface area contributed by atoms with Crippen molar-refractivity contribution in [3.63, 3.8) is 0 Å². The van der Waals surface area contributed by atoms with E-state index in [1.165, 1.54) is 18.3 Å². The Kier molecular flexibility index (Phi) is 5.59. The molecule has 0 bridgehead atoms. The van der Waals surface area contributed by atoms with E-state index in [2.05, 4.69) is 10.6 Å². The molecule has 0 aliphatic carbocycles. The summed E-state index contributed by atoms with van der Waals surface area (Å²) in [6, 6.07) is 9.97. The zero-order chi connectivity index (χ0) is 19.6. The number of carboxylic acids is 1. The van der Waals surface area contributed by atoms with E-state index in [0.717, 1.165) is 11.3 Å². The second-order valence-electron chi connectivity index (χ2n) is 5.46. The molecule has 3 N–H and O–H groups in total. The third-order valence-electron chi connectivity index (χ3n) is 3.62. The molecule has 0 saturated heterocycles. The standard InChI is InChI=1S/C18H13ClN2O4S2/c1-9-13(18(24)25)17(21-15(22)12-6-3-7-26-12)27-14(9)16(23)20-11-5-2-4-10(19)8-11/h2-8H,1H3,(H,20,23)(H,21,22)(H,24,25). The molecule has 0 atom stereocenters. The summed E-state index contributed by atoms with van der Waals surface area (Å²) in [7, 11) is 0. The van der Waals surface area contributed by atoms with Crippen LogP contribution in [0, 0.1) is 6.92 Å². The molecule has 0 unspecified atom stereocenters. The van der Waals surface area contributed by atoms with Gasteiger partial charge in [0.25, 0.3) is 11.8 Å². The molecule has 3 aromatic rings. The highest BCUT2D eigenvalue weighted by molar-refractivity contribution is 7.19. The topological polar surface area (TPSA) is 95.5 Å². The fraction of sp³-hybridized carbons (Fsp3) is 0.0556. The number of hydrogen-bond acceptors (Lipinski definition) is 5. The molecular formula is C18H13ClN2O4S2. The van der Waals surface area contributed by atoms with Gasteiger partial charge in [-0.25, -0.2) is 4.79 Å². The number of carbonyl (C=O) groups is 3. The van der Waals surface area contributed by atoms with Gasteiger partial charge in [0, 0.05) is 10.7 Å². The minimum Gasteiger partial charge on any atom is -0.478 e. The first-order valence-electron chi connectivity index (χ1n) is 7.65. The lowest BCUT2D eigenvalue weighted by atomic mass is 10.1. The van der Waals surface area contributed by atoms with Gasteiger partial charge in [0.15, 0.2) is 0 Å². The lowest BCUT2D eigenvalue weighted by Crippen LogP contribution is -2.12. The Morgan fingerprint density at radius 2 is 1.85 bits per heavy atom. The minimum absolute atomic E-state index is 0.0962. The molecule has 1 aromatic carbocycles. The summed E-state index contributed by atoms with van der Waals surface area (Å²) in [6.45, 7) is 1.54. The third kappa shape index (κ3) is 4.19. The maximum absolute atomic E-state index is 12.6. The predicted molar refractivity (Wildman–Crippen MR) is 108 cm³/mol. The van der Waals surface area contributed by atoms with Gasteiger partial charge >= 0.3 is 5.97 Å². The quantitative estimate of drug-likeness (QED) is 0.542. The van der Waals surface area contributed by atoms with Crippen LogP contribution in [0.4, 0.5) is 10.7 Å². The van der Waals surface area contributed by atoms with Crippen LogP contribution in [0.5, 0.6) is 0 Å². The van der Waals surface area contributed by atoms with Crippen molar-refractivity contribution in [2.24, 2.45) is 0 Å². The highest BCUT2D eigenvalue weighted by Crippen LogP contribution is 2.34. The van der Waals surface area contributed by atoms with Crippen LogP contribution in [-0.4, -0.2) is 22.9 Å². The van der Waals surface area contributed by atoms with Gasteiger partial charge in [-0.3, -0.25) is 9.59 Å². The van der Waals surface area contributed by atoms with Crippen LogP contribution >= 0.6 is 34.3 Å². The van der Waals surface area contributed by atoms with Crippen LogP contribution in [0.15, 0.2) is 41.8 Å². The van der Waals surface area contributed by atoms with Crippen molar-refractivity contribution in [1.29, 1.82) is 0 Å². The number of halogens is 1. The molecular weight excluding hydrogens is 408 g/mol. The lowest BCUT2D eigenvalue weighted by molar-refractivity contribution is 0.0697. The molecule has 6 nitrogen and oxygen atoms in total. The predicted octanol–water partition coefficient (Wildman–Crippen LogP) is 4.97. The van der Waals surface area contributed by atoms with Gasteiger partial charge in [-0.1, -0.05) is 23.7 Å². The summed E-state index contributed by atoms with van der Waals surface area (Å²) in [4.78, 5) is 37.2. The smallest absolute Gasteiger partial charge is 0.339 e. The maximum Gasteiger partial charge on any atom is 0.339 e. The van der Waals surface area contributed by atoms with Crippen LogP contribution in [0.25, 0.3) is 0 Å². The number of carboxylic acid groups (broad SMARTS) is 1. The highest BCUT2D eigenvalue weighted by atomic mass is 35.5. The second kappa shape index (κ2) is 7.91. The summed E-state index contributed by atoms with van der Waals surface area (Å²) in [5.74, 6) is -2.11. The van der Waals surface area contributed by atoms with E-state index in [4.69, 9.17) is 11.6 Å². The van der Waals surface area contributed by atoms with E-state index in [1.54, 1.807) is 41.8 Å². The van der Waals surface area contributed by atoms with Crippen LogP contribution in [-0.2, 0) is 0 Å². The molecule has 27 heavy (non-hydrogen) atoms. The molecule has 9 heteroatoms. The first kappa shape index (κ1) is 19.1. The van der Waals surface area contributed by atoms with E-state index in [0.29, 0.717) is 15.6 Å². The SMILES string of the molecule is Cc1c(C(=O)Nc2cccc(Cl)c2)sc(NC(=O)c2cccs2)c1C(=O)O. The van der Waals surface area contributed by atoms with Gasteiger partial charge < -0.3 is 15.7 Å². The second-order valence-corrected chi connectivity index (χ2v) is 7.87. The van der Waals surface area contributed by atoms with Gasteiger partial charge in [-0.05, 0) is 42.1 Å². The van der Waals surface area contributed by atoms with Crippen molar-refractivity contribution in [3.8, 4) is 0 Å². The van der Waals surface area contributed by atoms with Gasteiger partial charge in [0.1, 0.15) is 5.00 Å². The number of thiophene rings is 2. The first-order chi connectivity index (χ1) is 12.9. The van der Waals surface area contributed by atoms with E-state index in [1.807, 2.05) is 0 Å². The Bertz CT molecular complexity index is 1030. The van der Waals surface area contributed by atoms with Crippen LogP contribution in [0.2, 0.25) is 5.02 Å². The zero-order valence-corrected chi connectivity index (χ0v) is 16.3. The van der Waals surface area contributed by atoms with Crippen LogP contribution in [0.1, 0.15) is 35.3 Å². The number of amides is 2. The average Bonchev–Trinajstić information content (AvgIpc) is 3.23. The summed E-state index contributed by atoms with van der Waals surface area (Å²) in [5, 5.41) is 17.1. The van der Waals surface area contributed by atoms with Crippen molar-refractivity contribution in [2.45, 2.75) is 6.92 Å². The number of benzene rings is 1. The van der Waals surface area contributed by atoms with E-state index >= 15 is 0 Å². The molecule has 2 amide bonds. The summed E-state index contributed by atoms with van der Waals surface area (Å²) >= 11 is 8.07. The molecule has 0 aliphatic rings. The molecule has 0 radical (unpaired) electrons. The first-order valence-corrected chi connectivity index (χ1v) is 9.72. The summed E-state index contributed by atoms with van der Waals surface area (Å²) in [6.07, 6.45) is 0. The van der Waals surface area contributed by atoms with Crippen LogP contribution in [0.3, 0.4) is 0 Å². The molecule has 0 aliphatic heterocycles. The summed E-state index contributed by atoms with van der Waals surface area (Å²) < 4.78 is 0. The lowest BCUT2D eigenvalue weighted by Gasteiger charge is -2.04. The third-order valence-corrected chi connectivity index (χ3v) is 5.93. The average molecular weight is 421 g/mol. The number of rotatable bonds is 5. The zero-order valence-electron chi connectivity index (χ0n) is 13.9. The fourth-order valence-electron chi connectivity index (χ4n) is 2.40. The van der Waals surface area contributed by atoms with E-state index in [-0.39, 0.29) is 21.0 Å². The Morgan fingerprint density at radius 1 is 1.07 bits per heavy atom. The highest BCUT2D eigenvalue weighted by Gasteiger charge is 2.26. The number of aromatic carboxylic acids is 1. The number of anilines is 2. The molecule has 3 rings (SSSR count). The minimum atomic E-state index is -1.22. The van der Waals surface area contributed by atoms with Gasteiger partial charge in [0.05, 0.1) is 15.3 Å². The van der Waals surface area contributed by atoms with Crippen molar-refractivity contribution >= 4 is 62.7 Å². The molecule has 0 fully saturated rings. The maximum atomic E-state index is 12.6. The van der Waals surface area contributed by atoms with E-state index < -0.39 is 17.8 Å². The molecule has 0 saturated carbocycles. The van der Waals surface area contributed by atoms with Gasteiger partial charge in [-0.2, -0.15) is 0 Å². The Labute approximate surface area is 167 Å². The van der Waals surface area contributed by atoms with Crippen LogP contribution < -0.4 is 10.6 Å². The van der Waals surface area contributed by atoms with E-state index in [9.17, 15) is 19.5 Å². The van der Waals surface area contributed by atoms with Crippen molar-refractivity contribution in [1.82, 2.24) is 0 Å². The molecule has 0 spiro atoms. The molecule has 2 aromatic heterocycles. The summed E-state index contributed by atoms with van der Waals surface area (Å²) in [5.41, 5.74) is 0.677. The molecule has 138 valence electrons. The number of nitrogens with one attached hydrogen (secondary N) is 2. The van der Waals surface area contributed by atoms with Crippen molar-refractivity contribution in [3.05, 3.63) is 67.7 Å². The number of hydrogen-bond donors (Lipinski definition) is 3. The normalized spacial score (nSPS) is 10.4. The number of carbonyl (C=O) groups excluding carboxylic acids is 2.